The molecule has 0 aliphatic rings. The number of methoxy groups -OCH3 is 1. The Balaban J connectivity index is 2.19. The molecule has 0 unspecified atom stereocenters. The Labute approximate surface area is 134 Å². The van der Waals surface area contributed by atoms with Crippen molar-refractivity contribution >= 4 is 17.3 Å². The zero-order chi connectivity index (χ0) is 15.5. The molecule has 0 aliphatic heterocycles. The van der Waals surface area contributed by atoms with Crippen LogP contribution in [0.1, 0.15) is 15.2 Å². The molecule has 3 rings (SSSR count). The highest BCUT2D eigenvalue weighted by molar-refractivity contribution is 7.15. The molecule has 22 heavy (non-hydrogen) atoms. The molecule has 3 heteroatoms. The first-order valence-electron chi connectivity index (χ1n) is 7.03. The molecule has 0 saturated heterocycles. The molecule has 3 aromatic rings. The lowest BCUT2D eigenvalue weighted by atomic mass is 9.96. The van der Waals surface area contributed by atoms with E-state index in [4.69, 9.17) is 4.74 Å². The van der Waals surface area contributed by atoms with E-state index >= 15 is 0 Å². The van der Waals surface area contributed by atoms with E-state index in [1.807, 2.05) is 36.4 Å². The maximum Gasteiger partial charge on any atom is 0.337 e. The number of hydrogen-bond donors (Lipinski definition) is 0. The van der Waals surface area contributed by atoms with Gasteiger partial charge in [-0.15, -0.1) is 11.3 Å². The molecule has 0 amide bonds. The zero-order valence-electron chi connectivity index (χ0n) is 12.5. The lowest BCUT2D eigenvalue weighted by Crippen LogP contribution is -2.01. The third kappa shape index (κ3) is 2.81. The fraction of sp³-hybridized carbons (Fsp3) is 0.105. The van der Waals surface area contributed by atoms with Gasteiger partial charge < -0.3 is 4.74 Å². The molecule has 2 nitrogen and oxygen atoms in total. The van der Waals surface area contributed by atoms with Crippen molar-refractivity contribution in [3.8, 4) is 21.6 Å². The van der Waals surface area contributed by atoms with Crippen LogP contribution in [-0.4, -0.2) is 13.1 Å². The summed E-state index contributed by atoms with van der Waals surface area (Å²) in [6, 6.07) is 20.1. The first kappa shape index (κ1) is 14.5. The minimum Gasteiger partial charge on any atom is -0.465 e. The number of hydrogen-bond acceptors (Lipinski definition) is 3. The van der Waals surface area contributed by atoms with Gasteiger partial charge in [-0.3, -0.25) is 0 Å². The Morgan fingerprint density at radius 1 is 0.955 bits per heavy atom. The van der Waals surface area contributed by atoms with Crippen LogP contribution in [0.5, 0.6) is 0 Å². The fourth-order valence-corrected chi connectivity index (χ4v) is 3.34. The van der Waals surface area contributed by atoms with Crippen molar-refractivity contribution in [3.05, 3.63) is 71.1 Å². The van der Waals surface area contributed by atoms with Gasteiger partial charge in [0.2, 0.25) is 0 Å². The lowest BCUT2D eigenvalue weighted by molar-refractivity contribution is 0.0601. The lowest BCUT2D eigenvalue weighted by Gasteiger charge is -2.10. The van der Waals surface area contributed by atoms with Crippen LogP contribution in [0.2, 0.25) is 0 Å². The summed E-state index contributed by atoms with van der Waals surface area (Å²) in [6.45, 7) is 2.08. The normalized spacial score (nSPS) is 10.5. The van der Waals surface area contributed by atoms with Gasteiger partial charge in [-0.05, 0) is 42.3 Å². The summed E-state index contributed by atoms with van der Waals surface area (Å²) in [5, 5.41) is 0. The van der Waals surface area contributed by atoms with Crippen molar-refractivity contribution in [2.24, 2.45) is 0 Å². The average Bonchev–Trinajstić information content (AvgIpc) is 3.00. The molecule has 1 aromatic heterocycles. The van der Waals surface area contributed by atoms with Gasteiger partial charge in [0.15, 0.2) is 0 Å². The molecular weight excluding hydrogens is 292 g/mol. The third-order valence-electron chi connectivity index (χ3n) is 3.53. The van der Waals surface area contributed by atoms with Gasteiger partial charge in [0.25, 0.3) is 0 Å². The van der Waals surface area contributed by atoms with E-state index in [2.05, 4.69) is 31.2 Å². The number of rotatable bonds is 3. The van der Waals surface area contributed by atoms with E-state index in [1.54, 1.807) is 11.3 Å². The number of carbonyl (C=O) groups is 1. The number of thiophene rings is 1. The second-order valence-corrected chi connectivity index (χ2v) is 6.32. The molecule has 0 radical (unpaired) electrons. The van der Waals surface area contributed by atoms with E-state index in [9.17, 15) is 4.79 Å². The molecule has 0 bridgehead atoms. The van der Waals surface area contributed by atoms with Gasteiger partial charge in [-0.2, -0.15) is 0 Å². The first-order valence-corrected chi connectivity index (χ1v) is 7.85. The summed E-state index contributed by atoms with van der Waals surface area (Å²) >= 11 is 1.73. The number of benzene rings is 2. The van der Waals surface area contributed by atoms with E-state index in [0.717, 1.165) is 21.6 Å². The first-order chi connectivity index (χ1) is 10.7. The van der Waals surface area contributed by atoms with Crippen molar-refractivity contribution < 1.29 is 9.53 Å². The standard InChI is InChI=1S/C19H16O2S/c1-13-8-11-18(22-13)17-12-15(19(20)21-2)9-10-16(17)14-6-4-3-5-7-14/h3-12H,1-2H3. The van der Waals surface area contributed by atoms with Crippen LogP contribution in [0.15, 0.2) is 60.7 Å². The molecule has 0 fully saturated rings. The Morgan fingerprint density at radius 3 is 2.36 bits per heavy atom. The van der Waals surface area contributed by atoms with Gasteiger partial charge in [0.1, 0.15) is 0 Å². The van der Waals surface area contributed by atoms with E-state index in [-0.39, 0.29) is 5.97 Å². The maximum atomic E-state index is 11.8. The van der Waals surface area contributed by atoms with Crippen LogP contribution in [0, 0.1) is 6.92 Å². The molecular formula is C19H16O2S. The van der Waals surface area contributed by atoms with Crippen LogP contribution in [0.4, 0.5) is 0 Å². The molecule has 2 aromatic carbocycles. The van der Waals surface area contributed by atoms with Crippen LogP contribution in [-0.2, 0) is 4.74 Å². The second-order valence-electron chi connectivity index (χ2n) is 5.03. The van der Waals surface area contributed by atoms with Crippen molar-refractivity contribution in [1.82, 2.24) is 0 Å². The van der Waals surface area contributed by atoms with Crippen LogP contribution in [0.3, 0.4) is 0 Å². The van der Waals surface area contributed by atoms with Crippen molar-refractivity contribution in [1.29, 1.82) is 0 Å². The van der Waals surface area contributed by atoms with Gasteiger partial charge in [0, 0.05) is 15.3 Å². The Kier molecular flexibility index (Phi) is 4.07. The third-order valence-corrected chi connectivity index (χ3v) is 4.57. The van der Waals surface area contributed by atoms with Crippen LogP contribution >= 0.6 is 11.3 Å². The molecule has 110 valence electrons. The zero-order valence-corrected chi connectivity index (χ0v) is 13.3. The van der Waals surface area contributed by atoms with Gasteiger partial charge >= 0.3 is 5.97 Å². The number of aryl methyl sites for hydroxylation is 1. The number of ether oxygens (including phenoxy) is 1. The van der Waals surface area contributed by atoms with Crippen molar-refractivity contribution in [2.45, 2.75) is 6.92 Å². The summed E-state index contributed by atoms with van der Waals surface area (Å²) in [7, 11) is 1.41. The molecule has 0 aliphatic carbocycles. The van der Waals surface area contributed by atoms with E-state index in [1.165, 1.54) is 12.0 Å². The minimum atomic E-state index is -0.311. The topological polar surface area (TPSA) is 26.3 Å². The Morgan fingerprint density at radius 2 is 1.73 bits per heavy atom. The Bertz CT molecular complexity index is 803. The Hall–Kier alpha value is -2.39. The highest BCUT2D eigenvalue weighted by Gasteiger charge is 2.13. The van der Waals surface area contributed by atoms with E-state index < -0.39 is 0 Å². The highest BCUT2D eigenvalue weighted by Crippen LogP contribution is 2.36. The highest BCUT2D eigenvalue weighted by atomic mass is 32.1. The molecule has 0 atom stereocenters. The predicted octanol–water partition coefficient (Wildman–Crippen LogP) is 5.18. The number of carbonyl (C=O) groups excluding carboxylic acids is 1. The predicted molar refractivity (Wildman–Crippen MR) is 91.3 cm³/mol. The summed E-state index contributed by atoms with van der Waals surface area (Å²) in [5.41, 5.74) is 3.89. The SMILES string of the molecule is COC(=O)c1ccc(-c2ccccc2)c(-c2ccc(C)s2)c1. The summed E-state index contributed by atoms with van der Waals surface area (Å²) < 4.78 is 4.84. The summed E-state index contributed by atoms with van der Waals surface area (Å²) in [6.07, 6.45) is 0. The van der Waals surface area contributed by atoms with Crippen LogP contribution < -0.4 is 0 Å². The van der Waals surface area contributed by atoms with Crippen molar-refractivity contribution in [2.75, 3.05) is 7.11 Å². The fourth-order valence-electron chi connectivity index (χ4n) is 2.44. The second kappa shape index (κ2) is 6.16. The molecule has 0 spiro atoms. The molecule has 0 saturated carbocycles. The molecule has 0 N–H and O–H groups in total. The number of esters is 1. The smallest absolute Gasteiger partial charge is 0.337 e. The average molecular weight is 308 g/mol. The summed E-state index contributed by atoms with van der Waals surface area (Å²) in [4.78, 5) is 14.2. The van der Waals surface area contributed by atoms with E-state index in [0.29, 0.717) is 5.56 Å². The van der Waals surface area contributed by atoms with Crippen LogP contribution in [0.25, 0.3) is 21.6 Å². The van der Waals surface area contributed by atoms with Crippen molar-refractivity contribution in [3.63, 3.8) is 0 Å². The largest absolute Gasteiger partial charge is 0.465 e. The quantitative estimate of drug-likeness (QED) is 0.623. The van der Waals surface area contributed by atoms with Gasteiger partial charge in [-0.1, -0.05) is 36.4 Å². The minimum absolute atomic E-state index is 0.311. The molecule has 1 heterocycles. The maximum absolute atomic E-state index is 11.8. The van der Waals surface area contributed by atoms with Gasteiger partial charge in [0.05, 0.1) is 12.7 Å². The monoisotopic (exact) mass is 308 g/mol. The summed E-state index contributed by atoms with van der Waals surface area (Å²) in [5.74, 6) is -0.311. The van der Waals surface area contributed by atoms with Gasteiger partial charge in [-0.25, -0.2) is 4.79 Å².